The first-order chi connectivity index (χ1) is 10.8. The van der Waals surface area contributed by atoms with Crippen molar-refractivity contribution in [3.8, 4) is 6.07 Å². The van der Waals surface area contributed by atoms with Crippen LogP contribution in [0.4, 0.5) is 5.69 Å². The van der Waals surface area contributed by atoms with Gasteiger partial charge in [-0.2, -0.15) is 5.26 Å². The van der Waals surface area contributed by atoms with Crippen molar-refractivity contribution < 1.29 is 0 Å². The summed E-state index contributed by atoms with van der Waals surface area (Å²) in [6, 6.07) is 17.6. The van der Waals surface area contributed by atoms with E-state index in [0.29, 0.717) is 16.3 Å². The monoisotopic (exact) mass is 323 g/mol. The molecule has 0 aliphatic heterocycles. The first-order valence-electron chi connectivity index (χ1n) is 7.35. The highest BCUT2D eigenvalue weighted by Crippen LogP contribution is 2.31. The summed E-state index contributed by atoms with van der Waals surface area (Å²) in [5, 5.41) is 9.97. The number of hydrogen-bond acceptors (Lipinski definition) is 4. The van der Waals surface area contributed by atoms with E-state index in [1.807, 2.05) is 48.5 Å². The maximum atomic E-state index is 9.48. The molecule has 0 amide bonds. The normalized spacial score (nSPS) is 12.4. The van der Waals surface area contributed by atoms with Crippen LogP contribution in [-0.2, 0) is 5.41 Å². The lowest BCUT2D eigenvalue weighted by molar-refractivity contribution is 0.590. The Morgan fingerprint density at radius 3 is 2.04 bits per heavy atom. The molecule has 2 aromatic carbocycles. The lowest BCUT2D eigenvalue weighted by Crippen LogP contribution is -2.10. The average molecular weight is 323 g/mol. The van der Waals surface area contributed by atoms with Crippen molar-refractivity contribution in [1.29, 1.82) is 5.26 Å². The highest BCUT2D eigenvalue weighted by atomic mass is 32.2. The zero-order valence-corrected chi connectivity index (χ0v) is 14.4. The molecule has 0 saturated carbocycles. The number of nitrogen functional groups attached to an aromatic ring is 1. The van der Waals surface area contributed by atoms with E-state index in [2.05, 4.69) is 26.8 Å². The molecule has 0 bridgehead atoms. The van der Waals surface area contributed by atoms with E-state index in [1.54, 1.807) is 0 Å². The summed E-state index contributed by atoms with van der Waals surface area (Å²) < 4.78 is 0. The molecule has 0 aromatic heterocycles. The fourth-order valence-electron chi connectivity index (χ4n) is 2.11. The predicted octanol–water partition coefficient (Wildman–Crippen LogP) is 4.51. The van der Waals surface area contributed by atoms with E-state index >= 15 is 0 Å². The van der Waals surface area contributed by atoms with Gasteiger partial charge in [-0.3, -0.25) is 0 Å². The van der Waals surface area contributed by atoms with Crippen molar-refractivity contribution in [2.45, 2.75) is 31.1 Å². The van der Waals surface area contributed by atoms with Crippen LogP contribution in [0.1, 0.15) is 31.9 Å². The van der Waals surface area contributed by atoms with Crippen LogP contribution in [0.25, 0.3) is 5.57 Å². The molecular weight excluding hydrogens is 302 g/mol. The summed E-state index contributed by atoms with van der Waals surface area (Å²) in [6.45, 7) is 6.48. The second-order valence-electron chi connectivity index (χ2n) is 6.35. The SMILES string of the molecule is CC(C)(C)c1ccc(/C(C#N)=C(/N)Sc2ccc(N)cc2)cc1. The van der Waals surface area contributed by atoms with Gasteiger partial charge in [0.25, 0.3) is 0 Å². The number of nitriles is 1. The van der Waals surface area contributed by atoms with E-state index in [-0.39, 0.29) is 5.41 Å². The zero-order valence-electron chi connectivity index (χ0n) is 13.6. The van der Waals surface area contributed by atoms with Gasteiger partial charge >= 0.3 is 0 Å². The number of allylic oxidation sites excluding steroid dienone is 1. The molecule has 0 heterocycles. The Hall–Kier alpha value is -2.38. The third-order valence-corrected chi connectivity index (χ3v) is 4.44. The summed E-state index contributed by atoms with van der Waals surface area (Å²) in [6.07, 6.45) is 0. The van der Waals surface area contributed by atoms with Gasteiger partial charge in [0.2, 0.25) is 0 Å². The number of nitrogens with zero attached hydrogens (tertiary/aromatic N) is 1. The molecule has 2 aromatic rings. The van der Waals surface area contributed by atoms with E-state index < -0.39 is 0 Å². The van der Waals surface area contributed by atoms with Gasteiger partial charge in [0.1, 0.15) is 6.07 Å². The number of anilines is 1. The summed E-state index contributed by atoms with van der Waals surface area (Å²) >= 11 is 1.37. The van der Waals surface area contributed by atoms with Gasteiger partial charge in [0.05, 0.1) is 10.6 Å². The maximum Gasteiger partial charge on any atom is 0.103 e. The summed E-state index contributed by atoms with van der Waals surface area (Å²) in [7, 11) is 0. The molecule has 0 radical (unpaired) electrons. The largest absolute Gasteiger partial charge is 0.399 e. The molecule has 0 fully saturated rings. The summed E-state index contributed by atoms with van der Waals surface area (Å²) in [4.78, 5) is 0.954. The molecule has 0 unspecified atom stereocenters. The van der Waals surface area contributed by atoms with Gasteiger partial charge in [0, 0.05) is 10.6 Å². The maximum absolute atomic E-state index is 9.48. The van der Waals surface area contributed by atoms with Crippen LogP contribution in [0, 0.1) is 11.3 Å². The predicted molar refractivity (Wildman–Crippen MR) is 98.6 cm³/mol. The van der Waals surface area contributed by atoms with Gasteiger partial charge in [0.15, 0.2) is 0 Å². The molecule has 23 heavy (non-hydrogen) atoms. The van der Waals surface area contributed by atoms with Crippen molar-refractivity contribution in [2.75, 3.05) is 5.73 Å². The highest BCUT2D eigenvalue weighted by molar-refractivity contribution is 8.03. The fraction of sp³-hybridized carbons (Fsp3) is 0.211. The zero-order chi connectivity index (χ0) is 17.0. The number of hydrogen-bond donors (Lipinski definition) is 2. The molecule has 0 aliphatic carbocycles. The van der Waals surface area contributed by atoms with Crippen molar-refractivity contribution in [1.82, 2.24) is 0 Å². The van der Waals surface area contributed by atoms with Crippen molar-refractivity contribution in [3.63, 3.8) is 0 Å². The van der Waals surface area contributed by atoms with Crippen LogP contribution in [0.3, 0.4) is 0 Å². The number of benzene rings is 2. The van der Waals surface area contributed by atoms with Crippen LogP contribution in [-0.4, -0.2) is 0 Å². The van der Waals surface area contributed by atoms with Gasteiger partial charge < -0.3 is 11.5 Å². The molecule has 0 spiro atoms. The van der Waals surface area contributed by atoms with Crippen LogP contribution in [0.15, 0.2) is 58.5 Å². The van der Waals surface area contributed by atoms with Crippen LogP contribution in [0.5, 0.6) is 0 Å². The van der Waals surface area contributed by atoms with Crippen molar-refractivity contribution in [3.05, 3.63) is 64.7 Å². The first kappa shape index (κ1) is 17.0. The fourth-order valence-corrected chi connectivity index (χ4v) is 2.90. The second kappa shape index (κ2) is 6.80. The minimum absolute atomic E-state index is 0.0827. The summed E-state index contributed by atoms with van der Waals surface area (Å²) in [5.74, 6) is 0. The van der Waals surface area contributed by atoms with Crippen LogP contribution >= 0.6 is 11.8 Å². The second-order valence-corrected chi connectivity index (χ2v) is 7.46. The van der Waals surface area contributed by atoms with Gasteiger partial charge in [-0.1, -0.05) is 56.8 Å². The lowest BCUT2D eigenvalue weighted by atomic mass is 9.86. The Labute approximate surface area is 142 Å². The minimum Gasteiger partial charge on any atom is -0.399 e. The highest BCUT2D eigenvalue weighted by Gasteiger charge is 2.14. The number of rotatable bonds is 3. The Morgan fingerprint density at radius 1 is 1.00 bits per heavy atom. The average Bonchev–Trinajstić information content (AvgIpc) is 2.50. The quantitative estimate of drug-likeness (QED) is 0.495. The van der Waals surface area contributed by atoms with Gasteiger partial charge in [-0.05, 0) is 40.8 Å². The third kappa shape index (κ3) is 4.30. The Bertz CT molecular complexity index is 745. The van der Waals surface area contributed by atoms with E-state index in [1.165, 1.54) is 17.3 Å². The van der Waals surface area contributed by atoms with E-state index in [4.69, 9.17) is 11.5 Å². The minimum atomic E-state index is 0.0827. The van der Waals surface area contributed by atoms with Crippen molar-refractivity contribution in [2.24, 2.45) is 5.73 Å². The molecular formula is C19H21N3S. The van der Waals surface area contributed by atoms with E-state index in [0.717, 1.165) is 10.5 Å². The molecule has 0 atom stereocenters. The molecule has 4 heteroatoms. The standard InChI is InChI=1S/C19H21N3S/c1-19(2,3)14-6-4-13(5-7-14)17(12-20)18(22)23-16-10-8-15(21)9-11-16/h4-11H,21-22H2,1-3H3/b18-17-. The molecule has 0 aliphatic rings. The Morgan fingerprint density at radius 2 is 1.57 bits per heavy atom. The Balaban J connectivity index is 2.30. The van der Waals surface area contributed by atoms with Crippen LogP contribution < -0.4 is 11.5 Å². The molecule has 0 saturated heterocycles. The van der Waals surface area contributed by atoms with Gasteiger partial charge in [-0.25, -0.2) is 0 Å². The number of nitrogens with two attached hydrogens (primary N) is 2. The first-order valence-corrected chi connectivity index (χ1v) is 8.17. The van der Waals surface area contributed by atoms with Crippen molar-refractivity contribution >= 4 is 23.0 Å². The smallest absolute Gasteiger partial charge is 0.103 e. The number of thioether (sulfide) groups is 1. The molecule has 2 rings (SSSR count). The van der Waals surface area contributed by atoms with Crippen LogP contribution in [0.2, 0.25) is 0 Å². The molecule has 118 valence electrons. The lowest BCUT2D eigenvalue weighted by Gasteiger charge is -2.19. The third-order valence-electron chi connectivity index (χ3n) is 3.51. The molecule has 3 nitrogen and oxygen atoms in total. The van der Waals surface area contributed by atoms with E-state index in [9.17, 15) is 5.26 Å². The topological polar surface area (TPSA) is 75.8 Å². The Kier molecular flexibility index (Phi) is 5.02. The summed E-state index contributed by atoms with van der Waals surface area (Å²) in [5.41, 5.74) is 15.2. The van der Waals surface area contributed by atoms with Gasteiger partial charge in [-0.15, -0.1) is 0 Å². The molecule has 4 N–H and O–H groups in total.